The van der Waals surface area contributed by atoms with Crippen LogP contribution in [0.25, 0.3) is 0 Å². The summed E-state index contributed by atoms with van der Waals surface area (Å²) >= 11 is 0. The van der Waals surface area contributed by atoms with Crippen LogP contribution in [0.4, 0.5) is 5.69 Å². The molecule has 1 atom stereocenters. The van der Waals surface area contributed by atoms with Crippen molar-refractivity contribution < 1.29 is 14.3 Å². The van der Waals surface area contributed by atoms with Crippen LogP contribution in [0.3, 0.4) is 0 Å². The molecule has 6 heteroatoms. The zero-order chi connectivity index (χ0) is 19.9. The maximum absolute atomic E-state index is 12.6. The second-order valence-corrected chi connectivity index (χ2v) is 6.86. The number of rotatable bonds is 6. The van der Waals surface area contributed by atoms with Crippen molar-refractivity contribution in [2.24, 2.45) is 0 Å². The molecule has 6 nitrogen and oxygen atoms in total. The molecule has 0 unspecified atom stereocenters. The minimum atomic E-state index is -0.606. The number of likely N-dealkylation sites (N-methyl/N-ethyl adjacent to an activating group) is 1. The average molecular weight is 379 g/mol. The number of ether oxygens (including phenoxy) is 2. The summed E-state index contributed by atoms with van der Waals surface area (Å²) in [7, 11) is 1.77. The van der Waals surface area contributed by atoms with Gasteiger partial charge in [0.25, 0.3) is 5.91 Å². The average Bonchev–Trinajstić information content (AvgIpc) is 2.74. The molecule has 1 aliphatic rings. The lowest BCUT2D eigenvalue weighted by molar-refractivity contribution is -0.137. The fourth-order valence-corrected chi connectivity index (χ4v) is 3.16. The van der Waals surface area contributed by atoms with Crippen LogP contribution in [-0.4, -0.2) is 50.3 Å². The monoisotopic (exact) mass is 379 g/mol. The van der Waals surface area contributed by atoms with Crippen molar-refractivity contribution in [1.29, 1.82) is 5.26 Å². The predicted molar refractivity (Wildman–Crippen MR) is 107 cm³/mol. The number of anilines is 1. The first kappa shape index (κ1) is 19.7. The topological polar surface area (TPSA) is 65.8 Å². The number of hydrogen-bond donors (Lipinski definition) is 0. The number of carbonyl (C=O) groups is 1. The Morgan fingerprint density at radius 3 is 2.43 bits per heavy atom. The van der Waals surface area contributed by atoms with Gasteiger partial charge in [0.05, 0.1) is 24.8 Å². The molecule has 3 rings (SSSR count). The van der Waals surface area contributed by atoms with Crippen molar-refractivity contribution in [2.75, 3.05) is 38.3 Å². The Labute approximate surface area is 165 Å². The van der Waals surface area contributed by atoms with E-state index in [1.807, 2.05) is 0 Å². The van der Waals surface area contributed by atoms with Gasteiger partial charge < -0.3 is 19.3 Å². The SMILES string of the molecule is C[C@H](Oc1ccc(C#N)cc1)C(=O)N(C)Cc1ccc(N2CCOCC2)cc1. The summed E-state index contributed by atoms with van der Waals surface area (Å²) in [6.45, 7) is 5.58. The number of nitrogens with zero attached hydrogens (tertiary/aromatic N) is 3. The Balaban J connectivity index is 1.54. The number of hydrogen-bond acceptors (Lipinski definition) is 5. The summed E-state index contributed by atoms with van der Waals surface area (Å²) in [5.41, 5.74) is 2.81. The zero-order valence-corrected chi connectivity index (χ0v) is 16.3. The third-order valence-corrected chi connectivity index (χ3v) is 4.75. The first-order chi connectivity index (χ1) is 13.6. The van der Waals surface area contributed by atoms with Gasteiger partial charge >= 0.3 is 0 Å². The molecule has 0 N–H and O–H groups in total. The maximum Gasteiger partial charge on any atom is 0.263 e. The number of nitriles is 1. The van der Waals surface area contributed by atoms with E-state index in [1.54, 1.807) is 43.1 Å². The van der Waals surface area contributed by atoms with E-state index >= 15 is 0 Å². The standard InChI is InChI=1S/C22H25N3O3/c1-17(28-21-9-5-18(15-23)6-10-21)22(26)24(2)16-19-3-7-20(8-4-19)25-11-13-27-14-12-25/h3-10,17H,11-14,16H2,1-2H3/t17-/m0/s1. The summed E-state index contributed by atoms with van der Waals surface area (Å²) in [4.78, 5) is 16.6. The van der Waals surface area contributed by atoms with Crippen molar-refractivity contribution in [3.8, 4) is 11.8 Å². The Morgan fingerprint density at radius 2 is 1.82 bits per heavy atom. The van der Waals surface area contributed by atoms with E-state index in [0.717, 1.165) is 31.9 Å². The van der Waals surface area contributed by atoms with Gasteiger partial charge in [-0.15, -0.1) is 0 Å². The van der Waals surface area contributed by atoms with Gasteiger partial charge in [-0.3, -0.25) is 4.79 Å². The molecule has 0 bridgehead atoms. The molecule has 0 radical (unpaired) electrons. The third kappa shape index (κ3) is 5.02. The van der Waals surface area contributed by atoms with Gasteiger partial charge in [-0.1, -0.05) is 12.1 Å². The predicted octanol–water partition coefficient (Wildman–Crippen LogP) is 2.82. The van der Waals surface area contributed by atoms with Gasteiger partial charge in [0, 0.05) is 32.4 Å². The summed E-state index contributed by atoms with van der Waals surface area (Å²) in [5, 5.41) is 8.84. The second kappa shape index (κ2) is 9.25. The molecule has 1 aliphatic heterocycles. The van der Waals surface area contributed by atoms with Gasteiger partial charge in [-0.2, -0.15) is 5.26 Å². The number of carbonyl (C=O) groups excluding carboxylic acids is 1. The van der Waals surface area contributed by atoms with Crippen LogP contribution in [0.2, 0.25) is 0 Å². The molecule has 28 heavy (non-hydrogen) atoms. The first-order valence-corrected chi connectivity index (χ1v) is 9.40. The Morgan fingerprint density at radius 1 is 1.18 bits per heavy atom. The highest BCUT2D eigenvalue weighted by molar-refractivity contribution is 5.80. The fourth-order valence-electron chi connectivity index (χ4n) is 3.16. The van der Waals surface area contributed by atoms with Crippen LogP contribution < -0.4 is 9.64 Å². The molecule has 1 saturated heterocycles. The van der Waals surface area contributed by atoms with Crippen LogP contribution in [-0.2, 0) is 16.1 Å². The van der Waals surface area contributed by atoms with E-state index in [2.05, 4.69) is 35.2 Å². The highest BCUT2D eigenvalue weighted by Crippen LogP contribution is 2.18. The molecule has 1 amide bonds. The van der Waals surface area contributed by atoms with Crippen molar-refractivity contribution >= 4 is 11.6 Å². The Bertz CT molecular complexity index is 822. The van der Waals surface area contributed by atoms with Gasteiger partial charge in [-0.25, -0.2) is 0 Å². The highest BCUT2D eigenvalue weighted by Gasteiger charge is 2.19. The van der Waals surface area contributed by atoms with Crippen molar-refractivity contribution in [2.45, 2.75) is 19.6 Å². The van der Waals surface area contributed by atoms with E-state index in [4.69, 9.17) is 14.7 Å². The summed E-state index contributed by atoms with van der Waals surface area (Å²) in [5.74, 6) is 0.477. The molecule has 1 fully saturated rings. The van der Waals surface area contributed by atoms with Crippen LogP contribution in [0, 0.1) is 11.3 Å². The van der Waals surface area contributed by atoms with E-state index in [1.165, 1.54) is 5.69 Å². The van der Waals surface area contributed by atoms with Gasteiger partial charge in [0.2, 0.25) is 0 Å². The number of benzene rings is 2. The van der Waals surface area contributed by atoms with Gasteiger partial charge in [0.15, 0.2) is 6.10 Å². The van der Waals surface area contributed by atoms with E-state index in [0.29, 0.717) is 17.9 Å². The van der Waals surface area contributed by atoms with Crippen molar-refractivity contribution in [3.63, 3.8) is 0 Å². The molecule has 0 aliphatic carbocycles. The normalized spacial score (nSPS) is 14.8. The molecule has 2 aromatic carbocycles. The van der Waals surface area contributed by atoms with Gasteiger partial charge in [-0.05, 0) is 48.9 Å². The van der Waals surface area contributed by atoms with Gasteiger partial charge in [0.1, 0.15) is 5.75 Å². The molecule has 2 aromatic rings. The lowest BCUT2D eigenvalue weighted by Gasteiger charge is -2.29. The van der Waals surface area contributed by atoms with E-state index < -0.39 is 6.10 Å². The zero-order valence-electron chi connectivity index (χ0n) is 16.3. The summed E-state index contributed by atoms with van der Waals surface area (Å²) in [6, 6.07) is 17.1. The third-order valence-electron chi connectivity index (χ3n) is 4.75. The number of morpholine rings is 1. The van der Waals surface area contributed by atoms with E-state index in [-0.39, 0.29) is 5.91 Å². The molecule has 0 aromatic heterocycles. The summed E-state index contributed by atoms with van der Waals surface area (Å²) < 4.78 is 11.1. The number of amides is 1. The van der Waals surface area contributed by atoms with Crippen molar-refractivity contribution in [3.05, 3.63) is 59.7 Å². The lowest BCUT2D eigenvalue weighted by Crippen LogP contribution is -2.37. The van der Waals surface area contributed by atoms with E-state index in [9.17, 15) is 4.79 Å². The fraction of sp³-hybridized carbons (Fsp3) is 0.364. The smallest absolute Gasteiger partial charge is 0.263 e. The Kier molecular flexibility index (Phi) is 6.51. The second-order valence-electron chi connectivity index (χ2n) is 6.86. The quantitative estimate of drug-likeness (QED) is 0.772. The molecule has 1 heterocycles. The van der Waals surface area contributed by atoms with Crippen LogP contribution in [0.1, 0.15) is 18.1 Å². The Hall–Kier alpha value is -3.04. The largest absolute Gasteiger partial charge is 0.481 e. The molecular weight excluding hydrogens is 354 g/mol. The van der Waals surface area contributed by atoms with Crippen molar-refractivity contribution in [1.82, 2.24) is 4.90 Å². The molecule has 0 spiro atoms. The summed E-state index contributed by atoms with van der Waals surface area (Å²) in [6.07, 6.45) is -0.606. The maximum atomic E-state index is 12.6. The first-order valence-electron chi connectivity index (χ1n) is 9.40. The van der Waals surface area contributed by atoms with Crippen LogP contribution >= 0.6 is 0 Å². The highest BCUT2D eigenvalue weighted by atomic mass is 16.5. The molecular formula is C22H25N3O3. The molecule has 0 saturated carbocycles. The van der Waals surface area contributed by atoms with Crippen LogP contribution in [0.15, 0.2) is 48.5 Å². The van der Waals surface area contributed by atoms with Crippen LogP contribution in [0.5, 0.6) is 5.75 Å². The minimum absolute atomic E-state index is 0.0957. The molecule has 146 valence electrons. The minimum Gasteiger partial charge on any atom is -0.481 e. The lowest BCUT2D eigenvalue weighted by atomic mass is 10.1.